The predicted molar refractivity (Wildman–Crippen MR) is 132 cm³/mol. The van der Waals surface area contributed by atoms with E-state index in [-0.39, 0.29) is 5.75 Å². The minimum atomic E-state index is -3.92. The Kier molecular flexibility index (Phi) is 9.32. The van der Waals surface area contributed by atoms with Crippen LogP contribution in [0.2, 0.25) is 0 Å². The summed E-state index contributed by atoms with van der Waals surface area (Å²) in [6, 6.07) is 13.1. The lowest BCUT2D eigenvalue weighted by molar-refractivity contribution is 0.0521. The van der Waals surface area contributed by atoms with Gasteiger partial charge in [0.1, 0.15) is 5.75 Å². The summed E-state index contributed by atoms with van der Waals surface area (Å²) in [5.41, 5.74) is 1.79. The fourth-order valence-electron chi connectivity index (χ4n) is 4.14. The first kappa shape index (κ1) is 28.3. The van der Waals surface area contributed by atoms with E-state index < -0.39 is 37.4 Å². The van der Waals surface area contributed by atoms with Crippen LogP contribution in [0.5, 0.6) is 5.75 Å². The third-order valence-electron chi connectivity index (χ3n) is 5.77. The Balaban J connectivity index is 0.000000739. The number of benzene rings is 2. The fourth-order valence-corrected chi connectivity index (χ4v) is 6.27. The van der Waals surface area contributed by atoms with Gasteiger partial charge in [-0.3, -0.25) is 0 Å². The van der Waals surface area contributed by atoms with Crippen LogP contribution in [0, 0.1) is 12.3 Å². The number of sulfone groups is 1. The number of aryl methyl sites for hydroxylation is 1. The van der Waals surface area contributed by atoms with E-state index in [4.69, 9.17) is 17.7 Å². The third kappa shape index (κ3) is 7.80. The SMILES string of the molecule is CCCCCOc1ccc([C@@H]2c3cc(C)ccc3S(=O)(=O)CC(C)(C)[C@@H]2O)cc1.CS(=O)(=O)[O-]. The average Bonchev–Trinajstić information content (AvgIpc) is 2.75. The zero-order valence-electron chi connectivity index (χ0n) is 20.4. The van der Waals surface area contributed by atoms with Gasteiger partial charge in [-0.15, -0.1) is 0 Å². The van der Waals surface area contributed by atoms with Crippen molar-refractivity contribution in [1.82, 2.24) is 0 Å². The maximum absolute atomic E-state index is 13.0. The number of hydrogen-bond acceptors (Lipinski definition) is 7. The van der Waals surface area contributed by atoms with Gasteiger partial charge >= 0.3 is 0 Å². The van der Waals surface area contributed by atoms with Gasteiger partial charge in [0.15, 0.2) is 9.84 Å². The molecule has 1 aliphatic heterocycles. The van der Waals surface area contributed by atoms with E-state index in [1.54, 1.807) is 6.07 Å². The minimum absolute atomic E-state index is 0.0770. The van der Waals surface area contributed by atoms with Crippen LogP contribution in [0.4, 0.5) is 0 Å². The number of aliphatic hydroxyl groups excluding tert-OH is 1. The van der Waals surface area contributed by atoms with Crippen molar-refractivity contribution in [2.45, 2.75) is 63.9 Å². The van der Waals surface area contributed by atoms with E-state index in [9.17, 15) is 13.5 Å². The molecule has 1 aliphatic rings. The number of aliphatic hydroxyl groups is 1. The first-order valence-electron chi connectivity index (χ1n) is 11.3. The van der Waals surface area contributed by atoms with Crippen molar-refractivity contribution < 1.29 is 31.2 Å². The molecule has 34 heavy (non-hydrogen) atoms. The summed E-state index contributed by atoms with van der Waals surface area (Å²) in [7, 11) is -7.40. The van der Waals surface area contributed by atoms with Crippen molar-refractivity contribution in [2.24, 2.45) is 5.41 Å². The van der Waals surface area contributed by atoms with E-state index >= 15 is 0 Å². The average molecular weight is 512 g/mol. The Bertz CT molecular complexity index is 1160. The van der Waals surface area contributed by atoms with Crippen molar-refractivity contribution in [2.75, 3.05) is 18.6 Å². The first-order chi connectivity index (χ1) is 15.7. The molecule has 0 spiro atoms. The van der Waals surface area contributed by atoms with E-state index in [0.29, 0.717) is 23.3 Å². The smallest absolute Gasteiger partial charge is 0.179 e. The molecule has 190 valence electrons. The molecule has 0 amide bonds. The fraction of sp³-hybridized carbons (Fsp3) is 0.520. The summed E-state index contributed by atoms with van der Waals surface area (Å²) in [4.78, 5) is 0.331. The van der Waals surface area contributed by atoms with Gasteiger partial charge in [-0.2, -0.15) is 0 Å². The molecule has 0 fully saturated rings. The lowest BCUT2D eigenvalue weighted by Gasteiger charge is -2.33. The number of hydrogen-bond donors (Lipinski definition) is 1. The van der Waals surface area contributed by atoms with Gasteiger partial charge in [-0.1, -0.05) is 63.4 Å². The largest absolute Gasteiger partial charge is 0.748 e. The van der Waals surface area contributed by atoms with Crippen molar-refractivity contribution in [3.8, 4) is 5.75 Å². The highest BCUT2D eigenvalue weighted by molar-refractivity contribution is 7.91. The van der Waals surface area contributed by atoms with Crippen LogP contribution >= 0.6 is 0 Å². The Labute approximate surface area is 203 Å². The zero-order chi connectivity index (χ0) is 25.7. The Morgan fingerprint density at radius 3 is 2.26 bits per heavy atom. The van der Waals surface area contributed by atoms with Crippen molar-refractivity contribution in [3.05, 3.63) is 59.2 Å². The van der Waals surface area contributed by atoms with Crippen LogP contribution < -0.4 is 4.74 Å². The molecule has 1 N–H and O–H groups in total. The first-order valence-corrected chi connectivity index (χ1v) is 14.8. The monoisotopic (exact) mass is 511 g/mol. The second-order valence-electron chi connectivity index (χ2n) is 9.54. The highest BCUT2D eigenvalue weighted by Crippen LogP contribution is 2.44. The van der Waals surface area contributed by atoms with Crippen LogP contribution in [-0.4, -0.2) is 51.2 Å². The van der Waals surface area contributed by atoms with E-state index in [0.717, 1.165) is 36.1 Å². The van der Waals surface area contributed by atoms with Crippen molar-refractivity contribution >= 4 is 20.0 Å². The summed E-state index contributed by atoms with van der Waals surface area (Å²) >= 11 is 0. The number of fused-ring (bicyclic) bond motifs is 1. The summed E-state index contributed by atoms with van der Waals surface area (Å²) in [5, 5.41) is 11.3. The number of rotatable bonds is 6. The van der Waals surface area contributed by atoms with Crippen molar-refractivity contribution in [1.29, 1.82) is 0 Å². The molecule has 2 aromatic carbocycles. The van der Waals surface area contributed by atoms with Gasteiger partial charge in [0, 0.05) is 17.6 Å². The molecule has 0 radical (unpaired) electrons. The lowest BCUT2D eigenvalue weighted by Crippen LogP contribution is -2.38. The third-order valence-corrected chi connectivity index (χ3v) is 7.94. The molecular formula is C25H35O7S2-. The van der Waals surface area contributed by atoms with Crippen LogP contribution in [0.15, 0.2) is 47.4 Å². The summed E-state index contributed by atoms with van der Waals surface area (Å²) in [6.45, 7) is 8.44. The highest BCUT2D eigenvalue weighted by atomic mass is 32.2. The molecule has 7 nitrogen and oxygen atoms in total. The number of unbranched alkanes of at least 4 members (excludes halogenated alkanes) is 2. The predicted octanol–water partition coefficient (Wildman–Crippen LogP) is 4.03. The maximum atomic E-state index is 13.0. The minimum Gasteiger partial charge on any atom is -0.748 e. The van der Waals surface area contributed by atoms with Gasteiger partial charge in [-0.25, -0.2) is 16.8 Å². The molecule has 0 saturated carbocycles. The van der Waals surface area contributed by atoms with Gasteiger partial charge in [0.05, 0.1) is 33.5 Å². The zero-order valence-corrected chi connectivity index (χ0v) is 22.1. The Hall–Kier alpha value is -1.94. The molecule has 2 aromatic rings. The summed E-state index contributed by atoms with van der Waals surface area (Å²) in [5.74, 6) is 0.308. The quantitative estimate of drug-likeness (QED) is 0.459. The molecule has 0 aliphatic carbocycles. The van der Waals surface area contributed by atoms with Crippen LogP contribution in [0.1, 0.15) is 62.6 Å². The molecule has 0 unspecified atom stereocenters. The Morgan fingerprint density at radius 2 is 1.71 bits per heavy atom. The van der Waals surface area contributed by atoms with Crippen LogP contribution in [-0.2, 0) is 20.0 Å². The van der Waals surface area contributed by atoms with Gasteiger partial charge in [0.25, 0.3) is 0 Å². The lowest BCUT2D eigenvalue weighted by atomic mass is 9.75. The van der Waals surface area contributed by atoms with Gasteiger partial charge in [-0.05, 0) is 42.7 Å². The van der Waals surface area contributed by atoms with Crippen LogP contribution in [0.25, 0.3) is 0 Å². The standard InChI is InChI=1S/C24H32O4S.CH4O3S/c1-5-6-7-14-28-19-11-9-18(10-12-19)22-20-15-17(2)8-13-21(20)29(26,27)16-24(3,4)23(22)25;1-5(2,3)4/h8-13,15,22-23,25H,5-7,14,16H2,1-4H3;1H3,(H,2,3,4)/p-1/t22-,23-;/m1./s1. The molecule has 1 heterocycles. The van der Waals surface area contributed by atoms with Gasteiger partial charge < -0.3 is 14.4 Å². The summed E-state index contributed by atoms with van der Waals surface area (Å²) in [6.07, 6.45) is 3.10. The molecule has 0 aromatic heterocycles. The van der Waals surface area contributed by atoms with Gasteiger partial charge in [0.2, 0.25) is 0 Å². The molecular weight excluding hydrogens is 476 g/mol. The topological polar surface area (TPSA) is 121 Å². The second kappa shape index (κ2) is 11.2. The Morgan fingerprint density at radius 1 is 1.12 bits per heavy atom. The van der Waals surface area contributed by atoms with E-state index in [2.05, 4.69) is 6.92 Å². The normalized spacial score (nSPS) is 20.9. The van der Waals surface area contributed by atoms with E-state index in [1.807, 2.05) is 57.2 Å². The van der Waals surface area contributed by atoms with Crippen LogP contribution in [0.3, 0.4) is 0 Å². The molecule has 2 atom stereocenters. The highest BCUT2D eigenvalue weighted by Gasteiger charge is 2.44. The number of ether oxygens (including phenoxy) is 1. The molecule has 9 heteroatoms. The summed E-state index contributed by atoms with van der Waals surface area (Å²) < 4.78 is 59.1. The second-order valence-corrected chi connectivity index (χ2v) is 12.9. The van der Waals surface area contributed by atoms with E-state index in [1.165, 1.54) is 0 Å². The molecule has 0 saturated heterocycles. The molecule has 3 rings (SSSR count). The molecule has 0 bridgehead atoms. The van der Waals surface area contributed by atoms with Crippen molar-refractivity contribution in [3.63, 3.8) is 0 Å². The maximum Gasteiger partial charge on any atom is 0.179 e.